The van der Waals surface area contributed by atoms with E-state index in [0.717, 1.165) is 19.3 Å². The highest BCUT2D eigenvalue weighted by molar-refractivity contribution is 5.84. The standard InChI is InChI=1S/C7H13N2/c1-3-4-5-6-9-7(2)8/h6,8H,1,3-5H2,2H3. The summed E-state index contributed by atoms with van der Waals surface area (Å²) in [6.45, 7) is 5.35. The number of aliphatic imine (C=N–C) groups is 1. The molecule has 0 bridgehead atoms. The Kier molecular flexibility index (Phi) is 5.07. The number of nitrogens with zero attached hydrogens (tertiary/aromatic N) is 1. The van der Waals surface area contributed by atoms with Crippen LogP contribution in [0.1, 0.15) is 26.2 Å². The predicted molar refractivity (Wildman–Crippen MR) is 41.1 cm³/mol. The molecular weight excluding hydrogens is 112 g/mol. The fraction of sp³-hybridized carbons (Fsp3) is 0.571. The maximum absolute atomic E-state index is 6.92. The third-order valence-electron chi connectivity index (χ3n) is 0.868. The van der Waals surface area contributed by atoms with Gasteiger partial charge in [-0.2, -0.15) is 0 Å². The molecule has 0 saturated carbocycles. The number of unbranched alkanes of at least 4 members (excludes halogenated alkanes) is 2. The van der Waals surface area contributed by atoms with E-state index in [4.69, 9.17) is 5.41 Å². The van der Waals surface area contributed by atoms with Gasteiger partial charge in [-0.3, -0.25) is 5.41 Å². The Morgan fingerprint density at radius 1 is 1.78 bits per heavy atom. The highest BCUT2D eigenvalue weighted by Crippen LogP contribution is 1.89. The molecule has 0 heterocycles. The Hall–Kier alpha value is -0.660. The minimum absolute atomic E-state index is 0.374. The Morgan fingerprint density at radius 3 is 2.89 bits per heavy atom. The van der Waals surface area contributed by atoms with Crippen LogP contribution in [0, 0.1) is 12.3 Å². The maximum Gasteiger partial charge on any atom is 0.116 e. The molecule has 9 heavy (non-hydrogen) atoms. The van der Waals surface area contributed by atoms with Crippen LogP contribution in [0.25, 0.3) is 0 Å². The molecule has 0 aromatic rings. The van der Waals surface area contributed by atoms with Crippen molar-refractivity contribution in [2.24, 2.45) is 4.99 Å². The molecule has 0 aliphatic rings. The van der Waals surface area contributed by atoms with Crippen molar-refractivity contribution in [3.63, 3.8) is 0 Å². The lowest BCUT2D eigenvalue weighted by Gasteiger charge is -1.86. The molecule has 0 saturated heterocycles. The van der Waals surface area contributed by atoms with Gasteiger partial charge in [0.25, 0.3) is 0 Å². The van der Waals surface area contributed by atoms with Crippen molar-refractivity contribution in [2.75, 3.05) is 0 Å². The number of hydrogen-bond donors (Lipinski definition) is 1. The van der Waals surface area contributed by atoms with E-state index < -0.39 is 0 Å². The van der Waals surface area contributed by atoms with Crippen molar-refractivity contribution in [1.29, 1.82) is 5.41 Å². The molecule has 51 valence electrons. The van der Waals surface area contributed by atoms with Gasteiger partial charge in [0.1, 0.15) is 5.84 Å². The monoisotopic (exact) mass is 125 g/mol. The third kappa shape index (κ3) is 7.34. The molecule has 0 aliphatic heterocycles. The van der Waals surface area contributed by atoms with E-state index in [-0.39, 0.29) is 0 Å². The zero-order chi connectivity index (χ0) is 7.11. The normalized spacial score (nSPS) is 10.4. The summed E-state index contributed by atoms with van der Waals surface area (Å²) in [5.74, 6) is 0.374. The summed E-state index contributed by atoms with van der Waals surface area (Å²) >= 11 is 0. The molecule has 2 nitrogen and oxygen atoms in total. The van der Waals surface area contributed by atoms with Gasteiger partial charge in [-0.1, -0.05) is 13.3 Å². The number of amidine groups is 1. The molecule has 0 aromatic heterocycles. The van der Waals surface area contributed by atoms with Gasteiger partial charge >= 0.3 is 0 Å². The van der Waals surface area contributed by atoms with Gasteiger partial charge in [-0.25, -0.2) is 4.99 Å². The Balaban J connectivity index is 3.15. The average molecular weight is 125 g/mol. The zero-order valence-corrected chi connectivity index (χ0v) is 5.85. The van der Waals surface area contributed by atoms with E-state index in [1.54, 1.807) is 13.1 Å². The first-order chi connectivity index (χ1) is 4.27. The molecule has 0 fully saturated rings. The van der Waals surface area contributed by atoms with Gasteiger partial charge in [0, 0.05) is 6.21 Å². The first kappa shape index (κ1) is 8.34. The molecule has 0 amide bonds. The average Bonchev–Trinajstić information content (AvgIpc) is 1.80. The minimum Gasteiger partial charge on any atom is -0.287 e. The van der Waals surface area contributed by atoms with E-state index in [2.05, 4.69) is 11.9 Å². The first-order valence-corrected chi connectivity index (χ1v) is 3.14. The van der Waals surface area contributed by atoms with E-state index in [9.17, 15) is 0 Å². The number of hydrogen-bond acceptors (Lipinski definition) is 1. The molecule has 1 radical (unpaired) electrons. The lowest BCUT2D eigenvalue weighted by Crippen LogP contribution is -1.82. The predicted octanol–water partition coefficient (Wildman–Crippen LogP) is 2.06. The largest absolute Gasteiger partial charge is 0.287 e. The van der Waals surface area contributed by atoms with Gasteiger partial charge < -0.3 is 0 Å². The molecule has 0 aliphatic carbocycles. The summed E-state index contributed by atoms with van der Waals surface area (Å²) < 4.78 is 0. The molecule has 0 unspecified atom stereocenters. The summed E-state index contributed by atoms with van der Waals surface area (Å²) in [5.41, 5.74) is 0. The molecule has 1 N–H and O–H groups in total. The van der Waals surface area contributed by atoms with Crippen molar-refractivity contribution in [3.05, 3.63) is 6.92 Å². The topological polar surface area (TPSA) is 36.2 Å². The molecule has 0 atom stereocenters. The number of nitrogens with one attached hydrogen (secondary N) is 1. The maximum atomic E-state index is 6.92. The highest BCUT2D eigenvalue weighted by Gasteiger charge is 1.78. The van der Waals surface area contributed by atoms with E-state index in [0.29, 0.717) is 5.84 Å². The summed E-state index contributed by atoms with van der Waals surface area (Å²) in [7, 11) is 0. The fourth-order valence-electron chi connectivity index (χ4n) is 0.437. The van der Waals surface area contributed by atoms with Crippen molar-refractivity contribution < 1.29 is 0 Å². The Morgan fingerprint density at radius 2 is 2.44 bits per heavy atom. The molecule has 2 heteroatoms. The first-order valence-electron chi connectivity index (χ1n) is 3.14. The van der Waals surface area contributed by atoms with Crippen molar-refractivity contribution in [3.8, 4) is 0 Å². The second kappa shape index (κ2) is 5.48. The van der Waals surface area contributed by atoms with Gasteiger partial charge in [0.2, 0.25) is 0 Å². The molecular formula is C7H13N2. The van der Waals surface area contributed by atoms with Crippen LogP contribution >= 0.6 is 0 Å². The second-order valence-electron chi connectivity index (χ2n) is 1.89. The van der Waals surface area contributed by atoms with E-state index >= 15 is 0 Å². The van der Waals surface area contributed by atoms with Crippen LogP contribution in [0.3, 0.4) is 0 Å². The molecule has 0 aromatic carbocycles. The van der Waals surface area contributed by atoms with Crippen LogP contribution in [0.5, 0.6) is 0 Å². The van der Waals surface area contributed by atoms with Crippen molar-refractivity contribution in [1.82, 2.24) is 0 Å². The lowest BCUT2D eigenvalue weighted by atomic mass is 10.3. The minimum atomic E-state index is 0.374. The van der Waals surface area contributed by atoms with Crippen molar-refractivity contribution >= 4 is 12.1 Å². The van der Waals surface area contributed by atoms with Gasteiger partial charge in [-0.05, 0) is 19.8 Å². The van der Waals surface area contributed by atoms with Crippen LogP contribution < -0.4 is 0 Å². The summed E-state index contributed by atoms with van der Waals surface area (Å²) in [4.78, 5) is 3.79. The summed E-state index contributed by atoms with van der Waals surface area (Å²) in [6.07, 6.45) is 4.73. The van der Waals surface area contributed by atoms with E-state index in [1.165, 1.54) is 0 Å². The quantitative estimate of drug-likeness (QED) is 0.340. The van der Waals surface area contributed by atoms with Crippen LogP contribution in [0.4, 0.5) is 0 Å². The Labute approximate surface area is 56.5 Å². The highest BCUT2D eigenvalue weighted by atomic mass is 14.8. The smallest absolute Gasteiger partial charge is 0.116 e. The zero-order valence-electron chi connectivity index (χ0n) is 5.85. The van der Waals surface area contributed by atoms with Crippen LogP contribution in [-0.4, -0.2) is 12.1 Å². The van der Waals surface area contributed by atoms with Gasteiger partial charge in [0.05, 0.1) is 0 Å². The summed E-state index contributed by atoms with van der Waals surface area (Å²) in [5, 5.41) is 6.92. The lowest BCUT2D eigenvalue weighted by molar-refractivity contribution is 0.901. The van der Waals surface area contributed by atoms with Crippen molar-refractivity contribution in [2.45, 2.75) is 26.2 Å². The molecule has 0 rings (SSSR count). The van der Waals surface area contributed by atoms with Crippen LogP contribution in [0.15, 0.2) is 4.99 Å². The fourth-order valence-corrected chi connectivity index (χ4v) is 0.437. The van der Waals surface area contributed by atoms with Gasteiger partial charge in [-0.15, -0.1) is 0 Å². The second-order valence-corrected chi connectivity index (χ2v) is 1.89. The number of rotatable bonds is 3. The van der Waals surface area contributed by atoms with Crippen LogP contribution in [0.2, 0.25) is 0 Å². The third-order valence-corrected chi connectivity index (χ3v) is 0.868. The summed E-state index contributed by atoms with van der Waals surface area (Å²) in [6, 6.07) is 0. The van der Waals surface area contributed by atoms with Gasteiger partial charge in [0.15, 0.2) is 0 Å². The SMILES string of the molecule is [CH2]CCCC=NC(C)=N. The van der Waals surface area contributed by atoms with E-state index in [1.807, 2.05) is 0 Å². The Bertz CT molecular complexity index is 105. The van der Waals surface area contributed by atoms with Crippen LogP contribution in [-0.2, 0) is 0 Å². The molecule has 0 spiro atoms.